The molecule has 1 aliphatic heterocycles. The molecule has 12 nitrogen and oxygen atoms in total. The van der Waals surface area contributed by atoms with Crippen LogP contribution < -0.4 is 10.6 Å². The Labute approximate surface area is 226 Å². The predicted octanol–water partition coefficient (Wildman–Crippen LogP) is 1.84. The molecule has 0 bridgehead atoms. The van der Waals surface area contributed by atoms with E-state index in [-0.39, 0.29) is 17.3 Å². The Morgan fingerprint density at radius 3 is 2.64 bits per heavy atom. The normalized spacial score (nSPS) is 14.2. The van der Waals surface area contributed by atoms with E-state index in [1.165, 1.54) is 10.6 Å². The number of sulfonamides is 1. The third-order valence-electron chi connectivity index (χ3n) is 6.35. The Morgan fingerprint density at radius 1 is 1.03 bits per heavy atom. The molecule has 0 spiro atoms. The van der Waals surface area contributed by atoms with Crippen LogP contribution >= 0.6 is 0 Å². The molecule has 5 rings (SSSR count). The molecule has 0 atom stereocenters. The lowest BCUT2D eigenvalue weighted by atomic mass is 10.1. The number of carbonyl (C=O) groups is 1. The quantitative estimate of drug-likeness (QED) is 0.320. The highest BCUT2D eigenvalue weighted by molar-refractivity contribution is 7.89. The van der Waals surface area contributed by atoms with Crippen molar-refractivity contribution in [2.75, 3.05) is 31.6 Å². The highest BCUT2D eigenvalue weighted by Gasteiger charge is 2.28. The number of nitrogens with one attached hydrogen (secondary N) is 2. The van der Waals surface area contributed by atoms with Crippen molar-refractivity contribution >= 4 is 21.6 Å². The fourth-order valence-electron chi connectivity index (χ4n) is 4.22. The van der Waals surface area contributed by atoms with Gasteiger partial charge >= 0.3 is 0 Å². The van der Waals surface area contributed by atoms with E-state index in [4.69, 9.17) is 4.74 Å². The molecule has 13 heteroatoms. The molecule has 1 saturated heterocycles. The van der Waals surface area contributed by atoms with Gasteiger partial charge in [-0.25, -0.2) is 18.4 Å². The molecule has 0 aliphatic carbocycles. The first-order valence-electron chi connectivity index (χ1n) is 12.4. The number of carbonyl (C=O) groups excluding carboxylic acids is 1. The minimum absolute atomic E-state index is 0.0704. The van der Waals surface area contributed by atoms with E-state index in [2.05, 4.69) is 30.8 Å². The third kappa shape index (κ3) is 5.95. The summed E-state index contributed by atoms with van der Waals surface area (Å²) in [6.07, 6.45) is 3.10. The van der Waals surface area contributed by atoms with E-state index in [1.807, 2.05) is 17.7 Å². The van der Waals surface area contributed by atoms with Gasteiger partial charge < -0.3 is 19.9 Å². The van der Waals surface area contributed by atoms with Gasteiger partial charge in [0, 0.05) is 44.1 Å². The van der Waals surface area contributed by atoms with E-state index in [0.717, 1.165) is 5.69 Å². The van der Waals surface area contributed by atoms with Gasteiger partial charge in [-0.3, -0.25) is 4.79 Å². The summed E-state index contributed by atoms with van der Waals surface area (Å²) >= 11 is 0. The molecular formula is C26H28N8O4S. The lowest BCUT2D eigenvalue weighted by Crippen LogP contribution is -2.41. The molecule has 3 heterocycles. The van der Waals surface area contributed by atoms with Crippen molar-refractivity contribution < 1.29 is 17.9 Å². The van der Waals surface area contributed by atoms with Crippen molar-refractivity contribution in [1.29, 1.82) is 0 Å². The van der Waals surface area contributed by atoms with Crippen molar-refractivity contribution in [3.05, 3.63) is 84.1 Å². The summed E-state index contributed by atoms with van der Waals surface area (Å²) in [5.74, 6) is 0.997. The van der Waals surface area contributed by atoms with Crippen molar-refractivity contribution in [2.24, 2.45) is 7.05 Å². The first-order chi connectivity index (χ1) is 18.9. The molecule has 4 aromatic rings. The first-order valence-corrected chi connectivity index (χ1v) is 13.8. The Hall–Kier alpha value is -4.20. The Kier molecular flexibility index (Phi) is 7.91. The largest absolute Gasteiger partial charge is 0.379 e. The van der Waals surface area contributed by atoms with Gasteiger partial charge in [0.25, 0.3) is 5.91 Å². The van der Waals surface area contributed by atoms with Crippen LogP contribution in [0, 0.1) is 0 Å². The molecule has 1 aliphatic rings. The molecule has 202 valence electrons. The van der Waals surface area contributed by atoms with Crippen LogP contribution in [-0.4, -0.2) is 69.7 Å². The lowest BCUT2D eigenvalue weighted by Gasteiger charge is -2.27. The zero-order chi connectivity index (χ0) is 27.2. The number of hydrogen-bond donors (Lipinski definition) is 2. The number of nitrogens with zero attached hydrogens (tertiary/aromatic N) is 6. The molecule has 39 heavy (non-hydrogen) atoms. The molecule has 0 radical (unpaired) electrons. The summed E-state index contributed by atoms with van der Waals surface area (Å²) in [6.45, 7) is 1.79. The predicted molar refractivity (Wildman–Crippen MR) is 143 cm³/mol. The summed E-state index contributed by atoms with van der Waals surface area (Å²) in [7, 11) is -1.84. The standard InChI is InChI=1S/C26H28N8O4S/c1-33-24(31-32-25(33)22-9-10-27-18-30-22)17-28-21-7-4-6-19(15-21)26(35)29-16-20-5-2-3-8-23(20)39(36,37)34-11-13-38-14-12-34/h2-10,15,18,28H,11-14,16-17H2,1H3,(H,29,35). The van der Waals surface area contributed by atoms with Gasteiger partial charge in [0.05, 0.1) is 24.7 Å². The number of benzene rings is 2. The van der Waals surface area contributed by atoms with Gasteiger partial charge in [0.15, 0.2) is 11.6 Å². The second kappa shape index (κ2) is 11.7. The number of hydrogen-bond acceptors (Lipinski definition) is 9. The van der Waals surface area contributed by atoms with E-state index in [1.54, 1.807) is 54.7 Å². The highest BCUT2D eigenvalue weighted by atomic mass is 32.2. The average molecular weight is 549 g/mol. The molecule has 2 aromatic carbocycles. The van der Waals surface area contributed by atoms with Gasteiger partial charge in [-0.1, -0.05) is 24.3 Å². The molecule has 2 N–H and O–H groups in total. The molecular weight excluding hydrogens is 520 g/mol. The summed E-state index contributed by atoms with van der Waals surface area (Å²) in [5.41, 5.74) is 2.36. The second-order valence-electron chi connectivity index (χ2n) is 8.83. The summed E-state index contributed by atoms with van der Waals surface area (Å²) < 4.78 is 34.9. The van der Waals surface area contributed by atoms with Crippen LogP contribution in [0.1, 0.15) is 21.7 Å². The van der Waals surface area contributed by atoms with Gasteiger partial charge in [0.2, 0.25) is 10.0 Å². The minimum Gasteiger partial charge on any atom is -0.379 e. The van der Waals surface area contributed by atoms with Crippen molar-refractivity contribution in [2.45, 2.75) is 18.0 Å². The molecule has 1 fully saturated rings. The maximum atomic E-state index is 13.2. The number of morpholine rings is 1. The van der Waals surface area contributed by atoms with E-state index < -0.39 is 10.0 Å². The fourth-order valence-corrected chi connectivity index (χ4v) is 5.85. The number of anilines is 1. The molecule has 1 amide bonds. The third-order valence-corrected chi connectivity index (χ3v) is 8.35. The van der Waals surface area contributed by atoms with Gasteiger partial charge in [-0.15, -0.1) is 10.2 Å². The number of aromatic nitrogens is 5. The van der Waals surface area contributed by atoms with Crippen LogP contribution in [0.3, 0.4) is 0 Å². The van der Waals surface area contributed by atoms with Crippen LogP contribution in [0.4, 0.5) is 5.69 Å². The Balaban J connectivity index is 1.23. The van der Waals surface area contributed by atoms with Crippen LogP contribution in [0.15, 0.2) is 72.0 Å². The average Bonchev–Trinajstić information content (AvgIpc) is 3.36. The van der Waals surface area contributed by atoms with E-state index >= 15 is 0 Å². The summed E-state index contributed by atoms with van der Waals surface area (Å²) in [6, 6.07) is 15.5. The van der Waals surface area contributed by atoms with Gasteiger partial charge in [0.1, 0.15) is 12.0 Å². The zero-order valence-corrected chi connectivity index (χ0v) is 22.1. The topological polar surface area (TPSA) is 144 Å². The fraction of sp³-hybridized carbons (Fsp3) is 0.269. The van der Waals surface area contributed by atoms with Crippen LogP contribution in [0.5, 0.6) is 0 Å². The van der Waals surface area contributed by atoms with Gasteiger partial charge in [-0.05, 0) is 35.9 Å². The van der Waals surface area contributed by atoms with Crippen LogP contribution in [0.25, 0.3) is 11.5 Å². The monoisotopic (exact) mass is 548 g/mol. The van der Waals surface area contributed by atoms with Crippen LogP contribution in [-0.2, 0) is 34.9 Å². The Morgan fingerprint density at radius 2 is 1.85 bits per heavy atom. The van der Waals surface area contributed by atoms with Crippen molar-refractivity contribution in [3.8, 4) is 11.5 Å². The minimum atomic E-state index is -3.69. The van der Waals surface area contributed by atoms with E-state index in [0.29, 0.717) is 61.3 Å². The number of amides is 1. The summed E-state index contributed by atoms with van der Waals surface area (Å²) in [5, 5.41) is 14.6. The van der Waals surface area contributed by atoms with Crippen molar-refractivity contribution in [1.82, 2.24) is 34.4 Å². The molecule has 2 aromatic heterocycles. The highest BCUT2D eigenvalue weighted by Crippen LogP contribution is 2.22. The first kappa shape index (κ1) is 26.4. The van der Waals surface area contributed by atoms with Crippen LogP contribution in [0.2, 0.25) is 0 Å². The molecule has 0 unspecified atom stereocenters. The zero-order valence-electron chi connectivity index (χ0n) is 21.3. The smallest absolute Gasteiger partial charge is 0.251 e. The van der Waals surface area contributed by atoms with Gasteiger partial charge in [-0.2, -0.15) is 4.31 Å². The molecule has 0 saturated carbocycles. The SMILES string of the molecule is Cn1c(CNc2cccc(C(=O)NCc3ccccc3S(=O)(=O)N3CCOCC3)c2)nnc1-c1ccncn1. The maximum absolute atomic E-state index is 13.2. The number of ether oxygens (including phenoxy) is 1. The maximum Gasteiger partial charge on any atom is 0.251 e. The summed E-state index contributed by atoms with van der Waals surface area (Å²) in [4.78, 5) is 21.3. The second-order valence-corrected chi connectivity index (χ2v) is 10.7. The lowest BCUT2D eigenvalue weighted by molar-refractivity contribution is 0.0730. The van der Waals surface area contributed by atoms with Crippen molar-refractivity contribution in [3.63, 3.8) is 0 Å². The number of rotatable bonds is 9. The Bertz CT molecular complexity index is 1550. The van der Waals surface area contributed by atoms with E-state index in [9.17, 15) is 13.2 Å².